The van der Waals surface area contributed by atoms with Crippen molar-refractivity contribution in [3.63, 3.8) is 0 Å². The summed E-state index contributed by atoms with van der Waals surface area (Å²) in [5, 5.41) is 34.6. The topological polar surface area (TPSA) is 156 Å². The average Bonchev–Trinajstić information content (AvgIpc) is 2.30. The van der Waals surface area contributed by atoms with Crippen molar-refractivity contribution >= 4 is 23.9 Å². The molecule has 4 N–H and O–H groups in total. The minimum Gasteiger partial charge on any atom is -0.481 e. The fourth-order valence-electron chi connectivity index (χ4n) is 1.59. The summed E-state index contributed by atoms with van der Waals surface area (Å²) in [6.45, 7) is -1.35. The van der Waals surface area contributed by atoms with Crippen LogP contribution in [-0.4, -0.2) is 93.4 Å². The van der Waals surface area contributed by atoms with Gasteiger partial charge in [0.15, 0.2) is 0 Å². The molecule has 11 heteroatoms. The summed E-state index contributed by atoms with van der Waals surface area (Å²) in [5.41, 5.74) is 0. The predicted molar refractivity (Wildman–Crippen MR) is 68.0 cm³/mol. The Hall–Kier alpha value is -1.58. The number of carboxylic acid groups (broad SMARTS) is 4. The number of hydrogen-bond donors (Lipinski definition) is 4. The monoisotopic (exact) mass is 370 g/mol. The molecule has 0 unspecified atom stereocenters. The van der Waals surface area contributed by atoms with Gasteiger partial charge in [-0.3, -0.25) is 29.0 Å². The molecule has 10 nitrogen and oxygen atoms in total. The van der Waals surface area contributed by atoms with E-state index >= 15 is 0 Å². The summed E-state index contributed by atoms with van der Waals surface area (Å²) in [6, 6.07) is 0. The van der Waals surface area contributed by atoms with Crippen LogP contribution in [0.1, 0.15) is 6.42 Å². The van der Waals surface area contributed by atoms with Crippen molar-refractivity contribution in [2.45, 2.75) is 6.42 Å². The van der Waals surface area contributed by atoms with Gasteiger partial charge in [-0.15, -0.1) is 0 Å². The standard InChI is InChI=1S/C11H18N2O8.Zn/c14-8(15)1-2-12(5-9(16)17)3-4-13(6-10(18)19)7-11(20)21;/h1-7H2,(H,14,15)(H,16,17)(H,18,19)(H,20,21);/q;+2. The Bertz CT molecular complexity index is 388. The molecule has 22 heavy (non-hydrogen) atoms. The minimum absolute atomic E-state index is 0. The van der Waals surface area contributed by atoms with Gasteiger partial charge in [-0.25, -0.2) is 0 Å². The van der Waals surface area contributed by atoms with E-state index in [1.165, 1.54) is 4.90 Å². The summed E-state index contributed by atoms with van der Waals surface area (Å²) in [4.78, 5) is 44.8. The first-order valence-corrected chi connectivity index (χ1v) is 6.02. The zero-order valence-corrected chi connectivity index (χ0v) is 14.9. The first kappa shape index (κ1) is 22.7. The molecule has 0 amide bonds. The molecule has 0 aliphatic carbocycles. The first-order chi connectivity index (χ1) is 9.70. The summed E-state index contributed by atoms with van der Waals surface area (Å²) in [6.07, 6.45) is -0.259. The van der Waals surface area contributed by atoms with E-state index < -0.39 is 43.5 Å². The Balaban J connectivity index is 0. The van der Waals surface area contributed by atoms with E-state index in [1.54, 1.807) is 0 Å². The normalized spacial score (nSPS) is 10.3. The maximum atomic E-state index is 10.7. The zero-order valence-electron chi connectivity index (χ0n) is 12.0. The van der Waals surface area contributed by atoms with Crippen LogP contribution < -0.4 is 0 Å². The fourth-order valence-corrected chi connectivity index (χ4v) is 1.59. The molecule has 0 aliphatic rings. The van der Waals surface area contributed by atoms with Crippen LogP contribution in [0.4, 0.5) is 0 Å². The van der Waals surface area contributed by atoms with Crippen molar-refractivity contribution in [1.29, 1.82) is 0 Å². The Morgan fingerprint density at radius 3 is 1.32 bits per heavy atom. The Kier molecular flexibility index (Phi) is 12.4. The quantitative estimate of drug-likeness (QED) is 0.292. The second-order valence-electron chi connectivity index (χ2n) is 4.31. The fraction of sp³-hybridized carbons (Fsp3) is 0.636. The summed E-state index contributed by atoms with van der Waals surface area (Å²) < 4.78 is 0. The van der Waals surface area contributed by atoms with E-state index in [2.05, 4.69) is 0 Å². The molecule has 0 saturated carbocycles. The second-order valence-corrected chi connectivity index (χ2v) is 4.31. The predicted octanol–water partition coefficient (Wildman–Crippen LogP) is -1.68. The van der Waals surface area contributed by atoms with Crippen LogP contribution in [0.5, 0.6) is 0 Å². The van der Waals surface area contributed by atoms with Crippen molar-refractivity contribution in [3.05, 3.63) is 0 Å². The molecule has 0 fully saturated rings. The van der Waals surface area contributed by atoms with Gasteiger partial charge in [-0.1, -0.05) is 0 Å². The summed E-state index contributed by atoms with van der Waals surface area (Å²) in [5.74, 6) is -4.64. The van der Waals surface area contributed by atoms with Crippen molar-refractivity contribution in [1.82, 2.24) is 9.80 Å². The van der Waals surface area contributed by atoms with Gasteiger partial charge in [0.25, 0.3) is 0 Å². The number of rotatable bonds is 12. The van der Waals surface area contributed by atoms with Gasteiger partial charge in [0.1, 0.15) is 0 Å². The number of carbonyl (C=O) groups is 4. The van der Waals surface area contributed by atoms with E-state index in [0.29, 0.717) is 0 Å². The zero-order chi connectivity index (χ0) is 16.4. The van der Waals surface area contributed by atoms with Gasteiger partial charge in [0, 0.05) is 19.6 Å². The molecular formula is C11H18N2O8Zn+2. The molecule has 0 aromatic carbocycles. The largest absolute Gasteiger partial charge is 2.00 e. The molecule has 0 rings (SSSR count). The number of carboxylic acids is 4. The van der Waals surface area contributed by atoms with Crippen molar-refractivity contribution in [2.24, 2.45) is 0 Å². The van der Waals surface area contributed by atoms with Crippen LogP contribution in [0, 0.1) is 0 Å². The third kappa shape index (κ3) is 13.4. The average molecular weight is 372 g/mol. The second kappa shape index (κ2) is 12.0. The Morgan fingerprint density at radius 1 is 0.591 bits per heavy atom. The molecule has 0 bridgehead atoms. The Morgan fingerprint density at radius 2 is 0.955 bits per heavy atom. The third-order valence-electron chi connectivity index (χ3n) is 2.45. The molecule has 0 heterocycles. The molecule has 0 saturated heterocycles. The molecule has 0 aromatic heterocycles. The van der Waals surface area contributed by atoms with Gasteiger partial charge in [-0.2, -0.15) is 0 Å². The van der Waals surface area contributed by atoms with Crippen LogP contribution in [0.25, 0.3) is 0 Å². The van der Waals surface area contributed by atoms with Crippen molar-refractivity contribution in [2.75, 3.05) is 39.3 Å². The van der Waals surface area contributed by atoms with E-state index in [1.807, 2.05) is 0 Å². The van der Waals surface area contributed by atoms with E-state index in [4.69, 9.17) is 20.4 Å². The summed E-state index contributed by atoms with van der Waals surface area (Å²) in [7, 11) is 0. The first-order valence-electron chi connectivity index (χ1n) is 6.02. The van der Waals surface area contributed by atoms with E-state index in [-0.39, 0.29) is 45.5 Å². The third-order valence-corrected chi connectivity index (χ3v) is 2.45. The Labute approximate surface area is 139 Å². The molecular weight excluding hydrogens is 354 g/mol. The molecule has 120 valence electrons. The smallest absolute Gasteiger partial charge is 0.481 e. The van der Waals surface area contributed by atoms with Crippen LogP contribution in [0.3, 0.4) is 0 Å². The van der Waals surface area contributed by atoms with E-state index in [0.717, 1.165) is 4.90 Å². The number of aliphatic carboxylic acids is 4. The number of hydrogen-bond acceptors (Lipinski definition) is 6. The summed E-state index contributed by atoms with van der Waals surface area (Å²) >= 11 is 0. The van der Waals surface area contributed by atoms with Crippen molar-refractivity contribution < 1.29 is 59.1 Å². The van der Waals surface area contributed by atoms with Gasteiger partial charge in [0.2, 0.25) is 0 Å². The van der Waals surface area contributed by atoms with Gasteiger partial charge in [-0.05, 0) is 0 Å². The van der Waals surface area contributed by atoms with Gasteiger partial charge < -0.3 is 20.4 Å². The number of nitrogens with zero attached hydrogens (tertiary/aromatic N) is 2. The SMILES string of the molecule is O=C(O)CCN(CCN(CC(=O)O)CC(=O)O)CC(=O)O.[Zn+2]. The van der Waals surface area contributed by atoms with Gasteiger partial charge in [0.05, 0.1) is 26.1 Å². The molecule has 0 aliphatic heterocycles. The minimum atomic E-state index is -1.20. The van der Waals surface area contributed by atoms with E-state index in [9.17, 15) is 19.2 Å². The van der Waals surface area contributed by atoms with Crippen molar-refractivity contribution in [3.8, 4) is 0 Å². The van der Waals surface area contributed by atoms with Crippen LogP contribution in [0.2, 0.25) is 0 Å². The molecule has 0 aromatic rings. The molecule has 0 radical (unpaired) electrons. The maximum absolute atomic E-state index is 10.7. The molecule has 0 atom stereocenters. The van der Waals surface area contributed by atoms with Crippen LogP contribution in [-0.2, 0) is 38.7 Å². The van der Waals surface area contributed by atoms with Crippen LogP contribution in [0.15, 0.2) is 0 Å². The molecule has 0 spiro atoms. The van der Waals surface area contributed by atoms with Crippen LogP contribution >= 0.6 is 0 Å². The van der Waals surface area contributed by atoms with Gasteiger partial charge >= 0.3 is 43.4 Å². The maximum Gasteiger partial charge on any atom is 2.00 e.